The van der Waals surface area contributed by atoms with Crippen LogP contribution in [0.2, 0.25) is 0 Å². The summed E-state index contributed by atoms with van der Waals surface area (Å²) in [5.74, 6) is 1.34. The summed E-state index contributed by atoms with van der Waals surface area (Å²) in [6.45, 7) is 0. The van der Waals surface area contributed by atoms with E-state index in [1.807, 2.05) is 0 Å². The summed E-state index contributed by atoms with van der Waals surface area (Å²) in [4.78, 5) is 0. The number of allylic oxidation sites excluding steroid dienone is 6. The second-order valence-corrected chi connectivity index (χ2v) is 5.81. The van der Waals surface area contributed by atoms with E-state index in [1.54, 1.807) is 0 Å². The average molecular weight is 270 g/mol. The molecular weight excluding hydrogens is 252 g/mol. The third kappa shape index (κ3) is 2.38. The summed E-state index contributed by atoms with van der Waals surface area (Å²) in [5, 5.41) is 0. The average Bonchev–Trinajstić information content (AvgIpc) is 3.29. The van der Waals surface area contributed by atoms with E-state index in [-0.39, 0.29) is 0 Å². The van der Waals surface area contributed by atoms with Gasteiger partial charge in [-0.15, -0.1) is 0 Å². The highest BCUT2D eigenvalue weighted by molar-refractivity contribution is 5.80. The van der Waals surface area contributed by atoms with Crippen molar-refractivity contribution >= 4 is 11.1 Å². The molecule has 1 saturated carbocycles. The first kappa shape index (κ1) is 12.4. The van der Waals surface area contributed by atoms with Gasteiger partial charge in [0.25, 0.3) is 0 Å². The lowest BCUT2D eigenvalue weighted by Crippen LogP contribution is -1.94. The van der Waals surface area contributed by atoms with Crippen molar-refractivity contribution in [1.82, 2.24) is 0 Å². The molecular formula is C21H18. The summed E-state index contributed by atoms with van der Waals surface area (Å²) in [5.41, 5.74) is 5.70. The fourth-order valence-electron chi connectivity index (χ4n) is 3.33. The molecule has 2 aromatic carbocycles. The molecule has 0 aliphatic heterocycles. The van der Waals surface area contributed by atoms with Crippen molar-refractivity contribution in [2.45, 2.75) is 6.42 Å². The van der Waals surface area contributed by atoms with Gasteiger partial charge in [-0.05, 0) is 40.5 Å². The Morgan fingerprint density at radius 2 is 1.00 bits per heavy atom. The zero-order chi connectivity index (χ0) is 14.1. The summed E-state index contributed by atoms with van der Waals surface area (Å²) >= 11 is 0. The molecule has 0 heterocycles. The predicted octanol–water partition coefficient (Wildman–Crippen LogP) is 5.36. The van der Waals surface area contributed by atoms with E-state index in [4.69, 9.17) is 0 Å². The van der Waals surface area contributed by atoms with Crippen molar-refractivity contribution in [3.05, 3.63) is 96.1 Å². The molecule has 2 aliphatic carbocycles. The smallest absolute Gasteiger partial charge is 0.00807 e. The van der Waals surface area contributed by atoms with Crippen LogP contribution in [0.3, 0.4) is 0 Å². The van der Waals surface area contributed by atoms with Crippen LogP contribution in [-0.2, 0) is 0 Å². The van der Waals surface area contributed by atoms with E-state index in [0.717, 1.165) is 0 Å². The summed E-state index contributed by atoms with van der Waals surface area (Å²) < 4.78 is 0. The van der Waals surface area contributed by atoms with Gasteiger partial charge in [0, 0.05) is 0 Å². The van der Waals surface area contributed by atoms with Crippen LogP contribution in [0, 0.1) is 11.8 Å². The summed E-state index contributed by atoms with van der Waals surface area (Å²) in [6, 6.07) is 21.6. The van der Waals surface area contributed by atoms with E-state index < -0.39 is 0 Å². The summed E-state index contributed by atoms with van der Waals surface area (Å²) in [7, 11) is 0. The third-order valence-corrected chi connectivity index (χ3v) is 4.47. The van der Waals surface area contributed by atoms with Gasteiger partial charge >= 0.3 is 0 Å². The number of benzene rings is 2. The highest BCUT2D eigenvalue weighted by Crippen LogP contribution is 2.55. The van der Waals surface area contributed by atoms with Gasteiger partial charge in [-0.25, -0.2) is 0 Å². The maximum Gasteiger partial charge on any atom is -0.00807 e. The molecule has 102 valence electrons. The van der Waals surface area contributed by atoms with Crippen molar-refractivity contribution in [2.75, 3.05) is 0 Å². The van der Waals surface area contributed by atoms with Gasteiger partial charge in [0.1, 0.15) is 0 Å². The van der Waals surface area contributed by atoms with Crippen LogP contribution in [0.1, 0.15) is 17.5 Å². The molecule has 2 aliphatic rings. The van der Waals surface area contributed by atoms with E-state index in [9.17, 15) is 0 Å². The standard InChI is InChI=1S/C21H18/c1-3-9-16(10-4-1)18-13-7-8-14-19(21-15-20(18)21)17-11-5-2-6-12-17/h1-14,20-21H,15H2/b8-7-,18-13-,19-14-/t20-,21+. The van der Waals surface area contributed by atoms with Gasteiger partial charge in [-0.1, -0.05) is 85.0 Å². The monoisotopic (exact) mass is 270 g/mol. The Hall–Kier alpha value is -2.34. The van der Waals surface area contributed by atoms with Crippen molar-refractivity contribution in [2.24, 2.45) is 11.8 Å². The van der Waals surface area contributed by atoms with Crippen molar-refractivity contribution < 1.29 is 0 Å². The lowest BCUT2D eigenvalue weighted by molar-refractivity contribution is 1.03. The van der Waals surface area contributed by atoms with Gasteiger partial charge in [-0.2, -0.15) is 0 Å². The SMILES string of the molecule is C1=C\C=C(\c2ccccc2)[C@@H]2C[C@@H]2\C(c2ccccc2)=C/1. The minimum Gasteiger partial charge on any atom is -0.0622 e. The topological polar surface area (TPSA) is 0 Å². The fourth-order valence-corrected chi connectivity index (χ4v) is 3.33. The molecule has 0 aromatic heterocycles. The Labute approximate surface area is 126 Å². The molecule has 0 saturated heterocycles. The zero-order valence-electron chi connectivity index (χ0n) is 11.9. The van der Waals surface area contributed by atoms with E-state index in [2.05, 4.69) is 85.0 Å². The zero-order valence-corrected chi connectivity index (χ0v) is 11.9. The Morgan fingerprint density at radius 1 is 0.571 bits per heavy atom. The largest absolute Gasteiger partial charge is 0.0622 e. The first-order chi connectivity index (χ1) is 10.4. The molecule has 0 nitrogen and oxygen atoms in total. The van der Waals surface area contributed by atoms with Crippen LogP contribution >= 0.6 is 0 Å². The number of hydrogen-bond acceptors (Lipinski definition) is 0. The molecule has 0 amide bonds. The predicted molar refractivity (Wildman–Crippen MR) is 89.6 cm³/mol. The Morgan fingerprint density at radius 3 is 1.43 bits per heavy atom. The molecule has 0 radical (unpaired) electrons. The number of fused-ring (bicyclic) bond motifs is 1. The van der Waals surface area contributed by atoms with Gasteiger partial charge < -0.3 is 0 Å². The van der Waals surface area contributed by atoms with Gasteiger partial charge in [0.05, 0.1) is 0 Å². The molecule has 0 unspecified atom stereocenters. The number of hydrogen-bond donors (Lipinski definition) is 0. The van der Waals surface area contributed by atoms with E-state index in [0.29, 0.717) is 11.8 Å². The van der Waals surface area contributed by atoms with Crippen molar-refractivity contribution in [1.29, 1.82) is 0 Å². The second-order valence-electron chi connectivity index (χ2n) is 5.81. The Balaban J connectivity index is 1.69. The summed E-state index contributed by atoms with van der Waals surface area (Å²) in [6.07, 6.45) is 10.2. The Bertz CT molecular complexity index is 654. The second kappa shape index (κ2) is 5.21. The molecule has 21 heavy (non-hydrogen) atoms. The maximum atomic E-state index is 2.29. The molecule has 1 fully saturated rings. The molecule has 2 aromatic rings. The van der Waals surface area contributed by atoms with Gasteiger partial charge in [-0.3, -0.25) is 0 Å². The molecule has 2 atom stereocenters. The highest BCUT2D eigenvalue weighted by Gasteiger charge is 2.42. The van der Waals surface area contributed by atoms with Crippen LogP contribution in [0.5, 0.6) is 0 Å². The molecule has 0 N–H and O–H groups in total. The minimum atomic E-state index is 0.670. The van der Waals surface area contributed by atoms with E-state index in [1.165, 1.54) is 28.7 Å². The first-order valence-electron chi connectivity index (χ1n) is 7.63. The van der Waals surface area contributed by atoms with Gasteiger partial charge in [0.15, 0.2) is 0 Å². The normalized spacial score (nSPS) is 29.9. The molecule has 4 rings (SSSR count). The molecule has 0 heteroatoms. The lowest BCUT2D eigenvalue weighted by Gasteiger charge is -2.12. The van der Waals surface area contributed by atoms with Crippen LogP contribution in [0.4, 0.5) is 0 Å². The molecule has 0 bridgehead atoms. The Kier molecular flexibility index (Phi) is 3.08. The quantitative estimate of drug-likeness (QED) is 0.689. The number of rotatable bonds is 2. The first-order valence-corrected chi connectivity index (χ1v) is 7.63. The maximum absolute atomic E-state index is 2.29. The lowest BCUT2D eigenvalue weighted by atomic mass is 9.93. The van der Waals surface area contributed by atoms with E-state index >= 15 is 0 Å². The van der Waals surface area contributed by atoms with Crippen LogP contribution in [0.25, 0.3) is 11.1 Å². The van der Waals surface area contributed by atoms with Crippen molar-refractivity contribution in [3.8, 4) is 0 Å². The van der Waals surface area contributed by atoms with Crippen LogP contribution < -0.4 is 0 Å². The van der Waals surface area contributed by atoms with Gasteiger partial charge in [0.2, 0.25) is 0 Å². The minimum absolute atomic E-state index is 0.670. The van der Waals surface area contributed by atoms with Crippen LogP contribution in [-0.4, -0.2) is 0 Å². The van der Waals surface area contributed by atoms with Crippen LogP contribution in [0.15, 0.2) is 85.0 Å². The molecule has 0 spiro atoms. The highest BCUT2D eigenvalue weighted by atomic mass is 14.5. The fraction of sp³-hybridized carbons (Fsp3) is 0.143. The third-order valence-electron chi connectivity index (χ3n) is 4.47. The van der Waals surface area contributed by atoms with Crippen molar-refractivity contribution in [3.63, 3.8) is 0 Å².